The summed E-state index contributed by atoms with van der Waals surface area (Å²) in [6.45, 7) is 1.75. The molecule has 0 N–H and O–H groups in total. The zero-order chi connectivity index (χ0) is 16.2. The highest BCUT2D eigenvalue weighted by Gasteiger charge is 2.13. The Bertz CT molecular complexity index is 838. The van der Waals surface area contributed by atoms with Gasteiger partial charge >= 0.3 is 5.97 Å². The lowest BCUT2D eigenvalue weighted by atomic mass is 10.1. The summed E-state index contributed by atoms with van der Waals surface area (Å²) in [5, 5.41) is 5.03. The predicted molar refractivity (Wildman–Crippen MR) is 85.7 cm³/mol. The average Bonchev–Trinajstić information content (AvgIpc) is 2.97. The molecule has 118 valence electrons. The first kappa shape index (κ1) is 15.1. The van der Waals surface area contributed by atoms with E-state index in [4.69, 9.17) is 14.0 Å². The first-order valence-corrected chi connectivity index (χ1v) is 7.42. The fourth-order valence-electron chi connectivity index (χ4n) is 2.39. The Morgan fingerprint density at radius 2 is 2.04 bits per heavy atom. The third-order valence-electron chi connectivity index (χ3n) is 3.59. The van der Waals surface area contributed by atoms with Crippen LogP contribution in [0.25, 0.3) is 11.0 Å². The van der Waals surface area contributed by atoms with E-state index in [1.807, 2.05) is 30.3 Å². The van der Waals surface area contributed by atoms with Crippen LogP contribution in [0.4, 0.5) is 0 Å². The molecule has 3 rings (SSSR count). The summed E-state index contributed by atoms with van der Waals surface area (Å²) >= 11 is 0. The van der Waals surface area contributed by atoms with Crippen molar-refractivity contribution in [3.05, 3.63) is 53.7 Å². The SMILES string of the molecule is CCC(=O)Oc1ccc2c(Cc3ccccc3OC)noc2c1. The number of hydrogen-bond acceptors (Lipinski definition) is 5. The minimum atomic E-state index is -0.280. The molecular weight excluding hydrogens is 294 g/mol. The summed E-state index contributed by atoms with van der Waals surface area (Å²) in [4.78, 5) is 11.4. The van der Waals surface area contributed by atoms with E-state index < -0.39 is 0 Å². The van der Waals surface area contributed by atoms with Gasteiger partial charge in [-0.3, -0.25) is 4.79 Å². The first-order valence-electron chi connectivity index (χ1n) is 7.42. The van der Waals surface area contributed by atoms with Gasteiger partial charge in [0.15, 0.2) is 5.58 Å². The molecule has 0 aliphatic rings. The van der Waals surface area contributed by atoms with E-state index in [0.717, 1.165) is 22.4 Å². The number of para-hydroxylation sites is 1. The molecule has 5 nitrogen and oxygen atoms in total. The Kier molecular flexibility index (Phi) is 4.28. The quantitative estimate of drug-likeness (QED) is 0.530. The Morgan fingerprint density at radius 3 is 2.83 bits per heavy atom. The number of carbonyl (C=O) groups is 1. The molecule has 0 saturated carbocycles. The van der Waals surface area contributed by atoms with Gasteiger partial charge in [-0.05, 0) is 18.2 Å². The lowest BCUT2D eigenvalue weighted by Crippen LogP contribution is -2.05. The Hall–Kier alpha value is -2.82. The van der Waals surface area contributed by atoms with E-state index in [0.29, 0.717) is 24.2 Å². The van der Waals surface area contributed by atoms with E-state index in [1.165, 1.54) is 0 Å². The summed E-state index contributed by atoms with van der Waals surface area (Å²) < 4.78 is 15.9. The van der Waals surface area contributed by atoms with E-state index >= 15 is 0 Å². The molecule has 0 unspecified atom stereocenters. The highest BCUT2D eigenvalue weighted by Crippen LogP contribution is 2.27. The molecule has 1 heterocycles. The number of benzene rings is 2. The molecule has 0 radical (unpaired) electrons. The maximum absolute atomic E-state index is 11.4. The van der Waals surface area contributed by atoms with Gasteiger partial charge < -0.3 is 14.0 Å². The summed E-state index contributed by atoms with van der Waals surface area (Å²) in [5.74, 6) is 1.000. The van der Waals surface area contributed by atoms with Crippen LogP contribution >= 0.6 is 0 Å². The second-order valence-corrected chi connectivity index (χ2v) is 5.10. The third kappa shape index (κ3) is 3.18. The fraction of sp³-hybridized carbons (Fsp3) is 0.222. The van der Waals surface area contributed by atoms with E-state index in [1.54, 1.807) is 26.2 Å². The molecule has 0 fully saturated rings. The van der Waals surface area contributed by atoms with Crippen molar-refractivity contribution in [3.8, 4) is 11.5 Å². The van der Waals surface area contributed by atoms with Crippen LogP contribution in [0.3, 0.4) is 0 Å². The summed E-state index contributed by atoms with van der Waals surface area (Å²) in [6, 6.07) is 13.1. The Labute approximate surface area is 133 Å². The summed E-state index contributed by atoms with van der Waals surface area (Å²) in [6.07, 6.45) is 0.929. The topological polar surface area (TPSA) is 61.6 Å². The van der Waals surface area contributed by atoms with Crippen molar-refractivity contribution in [3.63, 3.8) is 0 Å². The molecule has 0 aliphatic heterocycles. The van der Waals surface area contributed by atoms with Crippen molar-refractivity contribution in [2.45, 2.75) is 19.8 Å². The molecule has 2 aromatic carbocycles. The average molecular weight is 311 g/mol. The van der Waals surface area contributed by atoms with Crippen molar-refractivity contribution in [1.29, 1.82) is 0 Å². The second-order valence-electron chi connectivity index (χ2n) is 5.10. The van der Waals surface area contributed by atoms with Crippen molar-refractivity contribution < 1.29 is 18.8 Å². The van der Waals surface area contributed by atoms with Crippen LogP contribution in [0, 0.1) is 0 Å². The van der Waals surface area contributed by atoms with E-state index in [-0.39, 0.29) is 5.97 Å². The van der Waals surface area contributed by atoms with Crippen LogP contribution in [0.5, 0.6) is 11.5 Å². The fourth-order valence-corrected chi connectivity index (χ4v) is 2.39. The molecule has 0 saturated heterocycles. The maximum atomic E-state index is 11.4. The zero-order valence-electron chi connectivity index (χ0n) is 13.0. The molecule has 5 heteroatoms. The smallest absolute Gasteiger partial charge is 0.310 e. The third-order valence-corrected chi connectivity index (χ3v) is 3.59. The van der Waals surface area contributed by atoms with Crippen LogP contribution in [0.15, 0.2) is 47.0 Å². The highest BCUT2D eigenvalue weighted by molar-refractivity contribution is 5.82. The zero-order valence-corrected chi connectivity index (χ0v) is 13.0. The number of hydrogen-bond donors (Lipinski definition) is 0. The van der Waals surface area contributed by atoms with Crippen LogP contribution in [-0.4, -0.2) is 18.2 Å². The summed E-state index contributed by atoms with van der Waals surface area (Å²) in [7, 11) is 1.65. The van der Waals surface area contributed by atoms with Crippen molar-refractivity contribution in [1.82, 2.24) is 5.16 Å². The van der Waals surface area contributed by atoms with Gasteiger partial charge in [-0.25, -0.2) is 0 Å². The molecular formula is C18H17NO4. The molecule has 3 aromatic rings. The van der Waals surface area contributed by atoms with Crippen molar-refractivity contribution in [2.75, 3.05) is 7.11 Å². The van der Waals surface area contributed by atoms with Crippen LogP contribution in [-0.2, 0) is 11.2 Å². The molecule has 0 amide bonds. The number of nitrogens with zero attached hydrogens (tertiary/aromatic N) is 1. The lowest BCUT2D eigenvalue weighted by Gasteiger charge is -2.06. The molecule has 1 aromatic heterocycles. The normalized spacial score (nSPS) is 10.7. The minimum absolute atomic E-state index is 0.280. The maximum Gasteiger partial charge on any atom is 0.310 e. The number of aromatic nitrogens is 1. The number of esters is 1. The monoisotopic (exact) mass is 311 g/mol. The molecule has 0 atom stereocenters. The summed E-state index contributed by atoms with van der Waals surface area (Å²) in [5.41, 5.74) is 2.45. The van der Waals surface area contributed by atoms with Crippen molar-refractivity contribution >= 4 is 16.9 Å². The largest absolute Gasteiger partial charge is 0.496 e. The van der Waals surface area contributed by atoms with Gasteiger partial charge in [-0.1, -0.05) is 30.3 Å². The van der Waals surface area contributed by atoms with Gasteiger partial charge in [0.05, 0.1) is 12.8 Å². The van der Waals surface area contributed by atoms with Crippen LogP contribution in [0.2, 0.25) is 0 Å². The molecule has 23 heavy (non-hydrogen) atoms. The van der Waals surface area contributed by atoms with E-state index in [2.05, 4.69) is 5.16 Å². The van der Waals surface area contributed by atoms with Crippen LogP contribution in [0.1, 0.15) is 24.6 Å². The Morgan fingerprint density at radius 1 is 1.22 bits per heavy atom. The van der Waals surface area contributed by atoms with E-state index in [9.17, 15) is 4.79 Å². The van der Waals surface area contributed by atoms with Gasteiger partial charge in [0, 0.05) is 29.9 Å². The Balaban J connectivity index is 1.89. The number of ether oxygens (including phenoxy) is 2. The first-order chi connectivity index (χ1) is 11.2. The van der Waals surface area contributed by atoms with Gasteiger partial charge in [0.2, 0.25) is 0 Å². The van der Waals surface area contributed by atoms with Crippen molar-refractivity contribution in [2.24, 2.45) is 0 Å². The number of rotatable bonds is 5. The molecule has 0 spiro atoms. The van der Waals surface area contributed by atoms with Crippen LogP contribution < -0.4 is 9.47 Å². The van der Waals surface area contributed by atoms with Gasteiger partial charge in [0.1, 0.15) is 11.5 Å². The lowest BCUT2D eigenvalue weighted by molar-refractivity contribution is -0.134. The molecule has 0 bridgehead atoms. The van der Waals surface area contributed by atoms with Gasteiger partial charge in [-0.2, -0.15) is 0 Å². The standard InChI is InChI=1S/C18H17NO4/c1-3-18(20)22-13-8-9-14-15(19-23-17(14)11-13)10-12-6-4-5-7-16(12)21-2/h4-9,11H,3,10H2,1-2H3. The second kappa shape index (κ2) is 6.52. The van der Waals surface area contributed by atoms with Gasteiger partial charge in [-0.15, -0.1) is 0 Å². The number of fused-ring (bicyclic) bond motifs is 1. The van der Waals surface area contributed by atoms with Gasteiger partial charge in [0.25, 0.3) is 0 Å². The molecule has 0 aliphatic carbocycles. The number of methoxy groups -OCH3 is 1. The predicted octanol–water partition coefficient (Wildman–Crippen LogP) is 3.74. The minimum Gasteiger partial charge on any atom is -0.496 e. The number of carbonyl (C=O) groups excluding carboxylic acids is 1. The highest BCUT2D eigenvalue weighted by atomic mass is 16.5.